The fourth-order valence-corrected chi connectivity index (χ4v) is 1.36. The number of anilines is 1. The van der Waals surface area contributed by atoms with Crippen molar-refractivity contribution in [1.29, 1.82) is 0 Å². The number of allylic oxidation sites excluding steroid dienone is 2. The van der Waals surface area contributed by atoms with Crippen LogP contribution in [0.4, 0.5) is 5.82 Å². The average molecular weight is 215 g/mol. The lowest BCUT2D eigenvalue weighted by Crippen LogP contribution is -2.11. The Balaban J connectivity index is 3.35. The highest BCUT2D eigenvalue weighted by atomic mass is 16.1. The van der Waals surface area contributed by atoms with Gasteiger partial charge in [0.15, 0.2) is 0 Å². The lowest BCUT2D eigenvalue weighted by Gasteiger charge is -2.10. The molecule has 0 aliphatic rings. The van der Waals surface area contributed by atoms with Crippen molar-refractivity contribution in [2.45, 2.75) is 20.8 Å². The molecular weight excluding hydrogens is 202 g/mol. The predicted molar refractivity (Wildman–Crippen MR) is 63.6 cm³/mol. The maximum atomic E-state index is 11.0. The van der Waals surface area contributed by atoms with Crippen molar-refractivity contribution in [3.8, 4) is 12.3 Å². The molecule has 0 aliphatic heterocycles. The zero-order chi connectivity index (χ0) is 12.1. The number of carbonyl (C=O) groups is 1. The zero-order valence-corrected chi connectivity index (χ0v) is 9.53. The number of hydrogen-bond acceptors (Lipinski definition) is 3. The van der Waals surface area contributed by atoms with Crippen molar-refractivity contribution in [3.63, 3.8) is 0 Å². The smallest absolute Gasteiger partial charge is 0.222 e. The quantitative estimate of drug-likeness (QED) is 0.765. The molecule has 0 spiro atoms. The third-order valence-corrected chi connectivity index (χ3v) is 2.04. The molecule has 0 aliphatic carbocycles. The van der Waals surface area contributed by atoms with Gasteiger partial charge in [0.2, 0.25) is 5.91 Å². The molecule has 82 valence electrons. The van der Waals surface area contributed by atoms with Crippen LogP contribution in [0.15, 0.2) is 12.4 Å². The van der Waals surface area contributed by atoms with Crippen LogP contribution in [0.2, 0.25) is 0 Å². The molecule has 4 nitrogen and oxygen atoms in total. The van der Waals surface area contributed by atoms with Crippen LogP contribution in [-0.4, -0.2) is 15.9 Å². The van der Waals surface area contributed by atoms with E-state index in [-0.39, 0.29) is 5.91 Å². The highest BCUT2D eigenvalue weighted by Crippen LogP contribution is 2.23. The summed E-state index contributed by atoms with van der Waals surface area (Å²) in [6.45, 7) is 5.08. The van der Waals surface area contributed by atoms with Crippen LogP contribution in [-0.2, 0) is 4.79 Å². The molecule has 0 saturated carbocycles. The molecule has 0 bridgehead atoms. The minimum atomic E-state index is -0.188. The second kappa shape index (κ2) is 5.08. The second-order valence-corrected chi connectivity index (χ2v) is 3.21. The minimum Gasteiger partial charge on any atom is -0.310 e. The SMILES string of the molecule is C#C/C(=C/C)c1c(C)ncnc1NC(C)=O. The maximum Gasteiger partial charge on any atom is 0.222 e. The number of rotatable bonds is 2. The molecule has 0 radical (unpaired) electrons. The maximum absolute atomic E-state index is 11.0. The minimum absolute atomic E-state index is 0.188. The van der Waals surface area contributed by atoms with Crippen LogP contribution < -0.4 is 5.32 Å². The lowest BCUT2D eigenvalue weighted by atomic mass is 10.1. The van der Waals surface area contributed by atoms with Crippen LogP contribution in [0, 0.1) is 19.3 Å². The Morgan fingerprint density at radius 2 is 2.25 bits per heavy atom. The zero-order valence-electron chi connectivity index (χ0n) is 9.53. The summed E-state index contributed by atoms with van der Waals surface area (Å²) in [6, 6.07) is 0. The van der Waals surface area contributed by atoms with E-state index in [9.17, 15) is 4.79 Å². The third-order valence-electron chi connectivity index (χ3n) is 2.04. The normalized spacial score (nSPS) is 10.8. The first-order valence-electron chi connectivity index (χ1n) is 4.82. The van der Waals surface area contributed by atoms with Gasteiger partial charge in [-0.3, -0.25) is 4.79 Å². The van der Waals surface area contributed by atoms with Gasteiger partial charge in [-0.15, -0.1) is 6.42 Å². The van der Waals surface area contributed by atoms with Crippen LogP contribution in [0.3, 0.4) is 0 Å². The van der Waals surface area contributed by atoms with E-state index in [4.69, 9.17) is 6.42 Å². The van der Waals surface area contributed by atoms with E-state index in [0.29, 0.717) is 17.0 Å². The van der Waals surface area contributed by atoms with E-state index in [1.807, 2.05) is 13.8 Å². The monoisotopic (exact) mass is 215 g/mol. The standard InChI is InChI=1S/C12H13N3O/c1-5-10(6-2)11-8(3)13-7-14-12(11)15-9(4)16/h1,6-7H,2-4H3,(H,13,14,15,16)/b10-6-. The van der Waals surface area contributed by atoms with Gasteiger partial charge < -0.3 is 5.32 Å². The van der Waals surface area contributed by atoms with Gasteiger partial charge in [-0.2, -0.15) is 0 Å². The van der Waals surface area contributed by atoms with Gasteiger partial charge in [-0.05, 0) is 13.8 Å². The van der Waals surface area contributed by atoms with E-state index in [1.165, 1.54) is 13.3 Å². The van der Waals surface area contributed by atoms with Crippen molar-refractivity contribution < 1.29 is 4.79 Å². The van der Waals surface area contributed by atoms with Gasteiger partial charge in [0, 0.05) is 12.5 Å². The molecule has 0 saturated heterocycles. The number of aromatic nitrogens is 2. The van der Waals surface area contributed by atoms with E-state index < -0.39 is 0 Å². The molecule has 0 unspecified atom stereocenters. The molecule has 1 aromatic heterocycles. The van der Waals surface area contributed by atoms with E-state index in [1.54, 1.807) is 6.08 Å². The first-order valence-corrected chi connectivity index (χ1v) is 4.82. The summed E-state index contributed by atoms with van der Waals surface area (Å²) in [6.07, 6.45) is 8.58. The van der Waals surface area contributed by atoms with Crippen molar-refractivity contribution in [2.24, 2.45) is 0 Å². The molecule has 0 fully saturated rings. The van der Waals surface area contributed by atoms with Crippen molar-refractivity contribution >= 4 is 17.3 Å². The number of terminal acetylenes is 1. The highest BCUT2D eigenvalue weighted by molar-refractivity contribution is 5.93. The lowest BCUT2D eigenvalue weighted by molar-refractivity contribution is -0.114. The Labute approximate surface area is 94.8 Å². The largest absolute Gasteiger partial charge is 0.310 e. The van der Waals surface area contributed by atoms with Gasteiger partial charge in [0.25, 0.3) is 0 Å². The number of nitrogens with one attached hydrogen (secondary N) is 1. The van der Waals surface area contributed by atoms with Crippen LogP contribution >= 0.6 is 0 Å². The van der Waals surface area contributed by atoms with Crippen LogP contribution in [0.5, 0.6) is 0 Å². The summed E-state index contributed by atoms with van der Waals surface area (Å²) >= 11 is 0. The molecule has 1 amide bonds. The van der Waals surface area contributed by atoms with Gasteiger partial charge in [-0.1, -0.05) is 12.0 Å². The molecular formula is C12H13N3O. The van der Waals surface area contributed by atoms with Crippen LogP contribution in [0.25, 0.3) is 5.57 Å². The van der Waals surface area contributed by atoms with Gasteiger partial charge in [-0.25, -0.2) is 9.97 Å². The number of carbonyl (C=O) groups excluding carboxylic acids is 1. The Bertz CT molecular complexity index is 484. The molecule has 1 N–H and O–H groups in total. The first-order chi connectivity index (χ1) is 7.60. The topological polar surface area (TPSA) is 54.9 Å². The molecule has 0 aromatic carbocycles. The van der Waals surface area contributed by atoms with Crippen molar-refractivity contribution in [1.82, 2.24) is 9.97 Å². The summed E-state index contributed by atoms with van der Waals surface area (Å²) in [5.41, 5.74) is 2.11. The number of aryl methyl sites for hydroxylation is 1. The first kappa shape index (κ1) is 11.9. The highest BCUT2D eigenvalue weighted by Gasteiger charge is 2.12. The van der Waals surface area contributed by atoms with Gasteiger partial charge in [0.05, 0.1) is 11.3 Å². The van der Waals surface area contributed by atoms with Crippen molar-refractivity contribution in [3.05, 3.63) is 23.7 Å². The third kappa shape index (κ3) is 2.45. The molecule has 1 rings (SSSR count). The average Bonchev–Trinajstić information content (AvgIpc) is 2.22. The molecule has 0 atom stereocenters. The number of amides is 1. The van der Waals surface area contributed by atoms with E-state index >= 15 is 0 Å². The Morgan fingerprint density at radius 1 is 1.56 bits per heavy atom. The molecule has 16 heavy (non-hydrogen) atoms. The Morgan fingerprint density at radius 3 is 2.75 bits per heavy atom. The van der Waals surface area contributed by atoms with E-state index in [0.717, 1.165) is 5.69 Å². The summed E-state index contributed by atoms with van der Waals surface area (Å²) in [4.78, 5) is 19.1. The molecule has 4 heteroatoms. The molecule has 1 heterocycles. The Kier molecular flexibility index (Phi) is 3.78. The fourth-order valence-electron chi connectivity index (χ4n) is 1.36. The Hall–Kier alpha value is -2.15. The van der Waals surface area contributed by atoms with Crippen LogP contribution in [0.1, 0.15) is 25.1 Å². The van der Waals surface area contributed by atoms with Crippen molar-refractivity contribution in [2.75, 3.05) is 5.32 Å². The van der Waals surface area contributed by atoms with E-state index in [2.05, 4.69) is 21.2 Å². The summed E-state index contributed by atoms with van der Waals surface area (Å²) in [5.74, 6) is 2.81. The van der Waals surface area contributed by atoms with Gasteiger partial charge >= 0.3 is 0 Å². The predicted octanol–water partition coefficient (Wildman–Crippen LogP) is 1.78. The molecule has 1 aromatic rings. The summed E-state index contributed by atoms with van der Waals surface area (Å²) < 4.78 is 0. The fraction of sp³-hybridized carbons (Fsp3) is 0.250. The van der Waals surface area contributed by atoms with Gasteiger partial charge in [0.1, 0.15) is 12.1 Å². The summed E-state index contributed by atoms with van der Waals surface area (Å²) in [5, 5.41) is 2.64. The number of nitrogens with zero attached hydrogens (tertiary/aromatic N) is 2. The number of hydrogen-bond donors (Lipinski definition) is 1. The second-order valence-electron chi connectivity index (χ2n) is 3.21. The summed E-state index contributed by atoms with van der Waals surface area (Å²) in [7, 11) is 0.